The van der Waals surface area contributed by atoms with E-state index in [1.807, 2.05) is 6.92 Å². The van der Waals surface area contributed by atoms with Gasteiger partial charge in [-0.3, -0.25) is 4.79 Å². The second kappa shape index (κ2) is 4.26. The van der Waals surface area contributed by atoms with Gasteiger partial charge in [0.05, 0.1) is 5.92 Å². The SMILES string of the molecule is C=CCNC(=O)C1CCNC1C. The topological polar surface area (TPSA) is 41.1 Å². The molecule has 1 saturated heterocycles. The van der Waals surface area contributed by atoms with Gasteiger partial charge >= 0.3 is 0 Å². The number of rotatable bonds is 3. The van der Waals surface area contributed by atoms with Gasteiger partial charge in [-0.2, -0.15) is 0 Å². The van der Waals surface area contributed by atoms with E-state index in [4.69, 9.17) is 0 Å². The lowest BCUT2D eigenvalue weighted by Gasteiger charge is -2.13. The molecule has 2 atom stereocenters. The van der Waals surface area contributed by atoms with Crippen LogP contribution in [0.1, 0.15) is 13.3 Å². The Morgan fingerprint density at radius 3 is 3.08 bits per heavy atom. The smallest absolute Gasteiger partial charge is 0.224 e. The van der Waals surface area contributed by atoms with E-state index in [9.17, 15) is 4.79 Å². The largest absolute Gasteiger partial charge is 0.352 e. The van der Waals surface area contributed by atoms with Gasteiger partial charge in [-0.05, 0) is 19.9 Å². The molecule has 1 fully saturated rings. The van der Waals surface area contributed by atoms with E-state index in [1.165, 1.54) is 0 Å². The van der Waals surface area contributed by atoms with Crippen molar-refractivity contribution in [2.24, 2.45) is 5.92 Å². The van der Waals surface area contributed by atoms with Crippen LogP contribution in [0, 0.1) is 5.92 Å². The molecule has 1 amide bonds. The van der Waals surface area contributed by atoms with Crippen LogP contribution < -0.4 is 10.6 Å². The molecule has 0 bridgehead atoms. The van der Waals surface area contributed by atoms with E-state index in [2.05, 4.69) is 17.2 Å². The Bertz CT molecular complexity index is 179. The van der Waals surface area contributed by atoms with Crippen LogP contribution in [0.15, 0.2) is 12.7 Å². The fraction of sp³-hybridized carbons (Fsp3) is 0.667. The van der Waals surface area contributed by atoms with Crippen molar-refractivity contribution in [1.82, 2.24) is 10.6 Å². The quantitative estimate of drug-likeness (QED) is 0.595. The first-order valence-corrected chi connectivity index (χ1v) is 4.37. The predicted molar refractivity (Wildman–Crippen MR) is 48.8 cm³/mol. The van der Waals surface area contributed by atoms with Gasteiger partial charge in [0.1, 0.15) is 0 Å². The Balaban J connectivity index is 2.35. The molecule has 1 aliphatic heterocycles. The molecule has 3 nitrogen and oxygen atoms in total. The van der Waals surface area contributed by atoms with Gasteiger partial charge in [0.2, 0.25) is 5.91 Å². The first-order chi connectivity index (χ1) is 5.75. The summed E-state index contributed by atoms with van der Waals surface area (Å²) in [6, 6.07) is 0.315. The summed E-state index contributed by atoms with van der Waals surface area (Å²) in [6.07, 6.45) is 2.65. The summed E-state index contributed by atoms with van der Waals surface area (Å²) in [7, 11) is 0. The summed E-state index contributed by atoms with van der Waals surface area (Å²) >= 11 is 0. The van der Waals surface area contributed by atoms with Crippen molar-refractivity contribution in [3.63, 3.8) is 0 Å². The van der Waals surface area contributed by atoms with Crippen molar-refractivity contribution in [3.05, 3.63) is 12.7 Å². The third kappa shape index (κ3) is 2.08. The van der Waals surface area contributed by atoms with Gasteiger partial charge in [0.15, 0.2) is 0 Å². The lowest BCUT2D eigenvalue weighted by Crippen LogP contribution is -2.36. The van der Waals surface area contributed by atoms with Crippen LogP contribution in [0.5, 0.6) is 0 Å². The molecule has 3 heteroatoms. The van der Waals surface area contributed by atoms with Crippen molar-refractivity contribution in [3.8, 4) is 0 Å². The summed E-state index contributed by atoms with van der Waals surface area (Å²) in [5, 5.41) is 6.05. The van der Waals surface area contributed by atoms with E-state index >= 15 is 0 Å². The lowest BCUT2D eigenvalue weighted by molar-refractivity contribution is -0.124. The first kappa shape index (κ1) is 9.26. The zero-order valence-corrected chi connectivity index (χ0v) is 7.47. The number of hydrogen-bond donors (Lipinski definition) is 2. The summed E-state index contributed by atoms with van der Waals surface area (Å²) in [5.41, 5.74) is 0. The highest BCUT2D eigenvalue weighted by molar-refractivity contribution is 5.79. The average Bonchev–Trinajstić information content (AvgIpc) is 2.47. The van der Waals surface area contributed by atoms with Crippen molar-refractivity contribution in [2.45, 2.75) is 19.4 Å². The monoisotopic (exact) mass is 168 g/mol. The molecule has 0 aromatic carbocycles. The van der Waals surface area contributed by atoms with Crippen LogP contribution in [-0.2, 0) is 4.79 Å². The molecule has 2 N–H and O–H groups in total. The normalized spacial score (nSPS) is 28.4. The maximum atomic E-state index is 11.4. The predicted octanol–water partition coefficient (Wildman–Crippen LogP) is 0.287. The van der Waals surface area contributed by atoms with E-state index in [0.717, 1.165) is 13.0 Å². The fourth-order valence-electron chi connectivity index (χ4n) is 1.52. The number of amides is 1. The molecule has 0 aromatic heterocycles. The van der Waals surface area contributed by atoms with Crippen LogP contribution in [-0.4, -0.2) is 25.0 Å². The molecule has 1 heterocycles. The number of nitrogens with one attached hydrogen (secondary N) is 2. The van der Waals surface area contributed by atoms with Crippen molar-refractivity contribution in [1.29, 1.82) is 0 Å². The molecule has 0 aromatic rings. The van der Waals surface area contributed by atoms with Gasteiger partial charge in [0, 0.05) is 12.6 Å². The van der Waals surface area contributed by atoms with E-state index in [0.29, 0.717) is 12.6 Å². The third-order valence-corrected chi connectivity index (χ3v) is 2.28. The van der Waals surface area contributed by atoms with Gasteiger partial charge < -0.3 is 10.6 Å². The molecule has 2 unspecified atom stereocenters. The maximum absolute atomic E-state index is 11.4. The third-order valence-electron chi connectivity index (χ3n) is 2.28. The zero-order chi connectivity index (χ0) is 8.97. The molecular weight excluding hydrogens is 152 g/mol. The van der Waals surface area contributed by atoms with Crippen LogP contribution >= 0.6 is 0 Å². The first-order valence-electron chi connectivity index (χ1n) is 4.37. The Morgan fingerprint density at radius 1 is 1.83 bits per heavy atom. The fourth-order valence-corrected chi connectivity index (χ4v) is 1.52. The second-order valence-electron chi connectivity index (χ2n) is 3.17. The van der Waals surface area contributed by atoms with E-state index < -0.39 is 0 Å². The summed E-state index contributed by atoms with van der Waals surface area (Å²) in [4.78, 5) is 11.4. The number of hydrogen-bond acceptors (Lipinski definition) is 2. The van der Waals surface area contributed by atoms with Crippen molar-refractivity contribution < 1.29 is 4.79 Å². The Kier molecular flexibility index (Phi) is 3.29. The minimum absolute atomic E-state index is 0.143. The average molecular weight is 168 g/mol. The van der Waals surface area contributed by atoms with Crippen LogP contribution in [0.2, 0.25) is 0 Å². The zero-order valence-electron chi connectivity index (χ0n) is 7.47. The van der Waals surface area contributed by atoms with Gasteiger partial charge in [0.25, 0.3) is 0 Å². The Labute approximate surface area is 73.2 Å². The van der Waals surface area contributed by atoms with Gasteiger partial charge in [-0.25, -0.2) is 0 Å². The van der Waals surface area contributed by atoms with Gasteiger partial charge in [-0.15, -0.1) is 6.58 Å². The Morgan fingerprint density at radius 2 is 2.58 bits per heavy atom. The Hall–Kier alpha value is -0.830. The minimum atomic E-state index is 0.143. The lowest BCUT2D eigenvalue weighted by atomic mass is 10.0. The summed E-state index contributed by atoms with van der Waals surface area (Å²) in [6.45, 7) is 7.12. The standard InChI is InChI=1S/C9H16N2O/c1-3-5-11-9(12)8-4-6-10-7(8)2/h3,7-8,10H,1,4-6H2,2H3,(H,11,12). The van der Waals surface area contributed by atoms with Crippen molar-refractivity contribution >= 4 is 5.91 Å². The van der Waals surface area contributed by atoms with Gasteiger partial charge in [-0.1, -0.05) is 6.08 Å². The van der Waals surface area contributed by atoms with E-state index in [1.54, 1.807) is 6.08 Å². The molecule has 1 rings (SSSR count). The molecule has 68 valence electrons. The highest BCUT2D eigenvalue weighted by Crippen LogP contribution is 2.14. The molecule has 0 aliphatic carbocycles. The van der Waals surface area contributed by atoms with Crippen LogP contribution in [0.25, 0.3) is 0 Å². The number of carbonyl (C=O) groups is 1. The molecule has 0 radical (unpaired) electrons. The molecule has 1 aliphatic rings. The molecule has 0 spiro atoms. The second-order valence-corrected chi connectivity index (χ2v) is 3.17. The summed E-state index contributed by atoms with van der Waals surface area (Å²) in [5.74, 6) is 0.289. The number of carbonyl (C=O) groups excluding carboxylic acids is 1. The molecule has 0 saturated carbocycles. The highest BCUT2D eigenvalue weighted by atomic mass is 16.1. The molecule has 12 heavy (non-hydrogen) atoms. The summed E-state index contributed by atoms with van der Waals surface area (Å²) < 4.78 is 0. The van der Waals surface area contributed by atoms with E-state index in [-0.39, 0.29) is 11.8 Å². The van der Waals surface area contributed by atoms with Crippen molar-refractivity contribution in [2.75, 3.05) is 13.1 Å². The van der Waals surface area contributed by atoms with Crippen LogP contribution in [0.3, 0.4) is 0 Å². The minimum Gasteiger partial charge on any atom is -0.352 e. The maximum Gasteiger partial charge on any atom is 0.224 e. The molecular formula is C9H16N2O. The van der Waals surface area contributed by atoms with Crippen LogP contribution in [0.4, 0.5) is 0 Å². The highest BCUT2D eigenvalue weighted by Gasteiger charge is 2.28.